The Labute approximate surface area is 239 Å². The van der Waals surface area contributed by atoms with E-state index in [0.29, 0.717) is 25.6 Å². The third-order valence-electron chi connectivity index (χ3n) is 7.51. The molecule has 0 spiro atoms. The van der Waals surface area contributed by atoms with Gasteiger partial charge < -0.3 is 71.1 Å². The molecule has 2 heterocycles. The van der Waals surface area contributed by atoms with Gasteiger partial charge in [0, 0.05) is 13.0 Å². The molecule has 10 N–H and O–H groups in total. The number of hydrogen-bond acceptors (Lipinski definition) is 14. The van der Waals surface area contributed by atoms with Crippen molar-refractivity contribution in [3.63, 3.8) is 0 Å². The summed E-state index contributed by atoms with van der Waals surface area (Å²) in [6.07, 6.45) is -12.5. The molecule has 0 aromatic heterocycles. The molecular weight excluding hydrogens is 570 g/mol. The summed E-state index contributed by atoms with van der Waals surface area (Å²) >= 11 is 0. The van der Waals surface area contributed by atoms with Gasteiger partial charge in [0.2, 0.25) is 32.1 Å². The zero-order chi connectivity index (χ0) is 30.8. The van der Waals surface area contributed by atoms with Gasteiger partial charge in [-0.05, 0) is 6.42 Å². The van der Waals surface area contributed by atoms with Gasteiger partial charge >= 0.3 is 0 Å². The maximum atomic E-state index is 11.5. The molecule has 2 saturated heterocycles. The molecule has 0 aromatic rings. The van der Waals surface area contributed by atoms with E-state index in [1.807, 2.05) is 0 Å². The van der Waals surface area contributed by atoms with E-state index >= 15 is 0 Å². The molecule has 19 heteroatoms. The van der Waals surface area contributed by atoms with Gasteiger partial charge in [-0.15, -0.1) is 0 Å². The van der Waals surface area contributed by atoms with Crippen molar-refractivity contribution in [3.8, 4) is 0 Å². The molecule has 2 aliphatic heterocycles. The van der Waals surface area contributed by atoms with Crippen LogP contribution < -0.4 is 26.6 Å². The van der Waals surface area contributed by atoms with Crippen LogP contribution >= 0.6 is 0 Å². The maximum absolute atomic E-state index is 11.5. The first kappa shape index (κ1) is 33.5. The average molecular weight is 608 g/mol. The summed E-state index contributed by atoms with van der Waals surface area (Å²) in [7, 11) is 0. The number of amides is 5. The number of nitrogens with one attached hydrogen (secondary N) is 5. The Morgan fingerprint density at radius 1 is 0.643 bits per heavy atom. The SMILES string of the molecule is O=CNC[C@H]1O[C@H](O[C@H]2[C@H](O)[C@@H](O[C@H]3O[C@H](CO)[C@@H](O)[C@@H](NC=O)[C@H]3O)[C@H](NC=O)C[C@@H]2NC=O)[C@H](NC=O)C[C@@H]1O. The fraction of sp³-hybridized carbons (Fsp3) is 0.783. The Morgan fingerprint density at radius 3 is 1.74 bits per heavy atom. The second-order valence-electron chi connectivity index (χ2n) is 9.99. The van der Waals surface area contributed by atoms with Crippen molar-refractivity contribution in [2.24, 2.45) is 0 Å². The van der Waals surface area contributed by atoms with Crippen LogP contribution in [0.5, 0.6) is 0 Å². The maximum Gasteiger partial charge on any atom is 0.207 e. The van der Waals surface area contributed by atoms with Crippen molar-refractivity contribution in [1.82, 2.24) is 26.6 Å². The topological polar surface area (TPSA) is 284 Å². The van der Waals surface area contributed by atoms with E-state index in [1.54, 1.807) is 0 Å². The number of hydrogen-bond donors (Lipinski definition) is 10. The second kappa shape index (κ2) is 16.0. The Hall–Kier alpha value is -3.01. The third-order valence-corrected chi connectivity index (χ3v) is 7.51. The quantitative estimate of drug-likeness (QED) is 0.0730. The lowest BCUT2D eigenvalue weighted by atomic mass is 9.83. The zero-order valence-corrected chi connectivity index (χ0v) is 22.2. The minimum Gasteiger partial charge on any atom is -0.394 e. The highest BCUT2D eigenvalue weighted by Gasteiger charge is 2.52. The summed E-state index contributed by atoms with van der Waals surface area (Å²) in [5, 5.41) is 64.6. The first-order valence-electron chi connectivity index (χ1n) is 13.1. The normalized spacial score (nSPS) is 41.9. The molecule has 0 unspecified atom stereocenters. The lowest BCUT2D eigenvalue weighted by molar-refractivity contribution is -0.318. The molecule has 5 amide bonds. The molecule has 3 fully saturated rings. The molecule has 0 bridgehead atoms. The highest BCUT2D eigenvalue weighted by atomic mass is 16.7. The monoisotopic (exact) mass is 607 g/mol. The van der Waals surface area contributed by atoms with Crippen molar-refractivity contribution in [2.45, 2.75) is 98.4 Å². The lowest BCUT2D eigenvalue weighted by Crippen LogP contribution is -2.69. The second-order valence-corrected chi connectivity index (χ2v) is 9.99. The van der Waals surface area contributed by atoms with E-state index in [2.05, 4.69) is 26.6 Å². The van der Waals surface area contributed by atoms with E-state index in [9.17, 15) is 49.5 Å². The fourth-order valence-electron chi connectivity index (χ4n) is 5.43. The minimum atomic E-state index is -1.70. The highest BCUT2D eigenvalue weighted by molar-refractivity contribution is 5.49. The molecule has 42 heavy (non-hydrogen) atoms. The molecule has 14 atom stereocenters. The predicted octanol–water partition coefficient (Wildman–Crippen LogP) is -7.36. The van der Waals surface area contributed by atoms with Gasteiger partial charge in [-0.1, -0.05) is 0 Å². The van der Waals surface area contributed by atoms with Crippen molar-refractivity contribution in [1.29, 1.82) is 0 Å². The number of carbonyl (C=O) groups excluding carboxylic acids is 5. The number of ether oxygens (including phenoxy) is 4. The van der Waals surface area contributed by atoms with E-state index in [1.165, 1.54) is 0 Å². The standard InChI is InChI=1S/C23H37N5O14/c29-4-15-17(36)16(28-9-34)18(37)23(40-15)42-21-11(26-7-32)1-10(25-6-31)20(19(21)38)41-22-12(27-8-33)2-13(35)14(39-22)3-24-5-30/h5-23,29,35-38H,1-4H2,(H,24,30)(H,25,31)(H,26,32)(H,27,33)(H,28,34)/t10-,11+,12+,13-,14+,15+,16+,17+,18+,19-,20+,21-,22+,23+/m0/s1. The van der Waals surface area contributed by atoms with Crippen LogP contribution in [0.15, 0.2) is 0 Å². The molecule has 0 radical (unpaired) electrons. The van der Waals surface area contributed by atoms with Gasteiger partial charge in [0.1, 0.15) is 42.7 Å². The molecule has 3 aliphatic rings. The van der Waals surface area contributed by atoms with Crippen LogP contribution in [-0.2, 0) is 42.9 Å². The van der Waals surface area contributed by atoms with Gasteiger partial charge in [0.25, 0.3) is 0 Å². The van der Waals surface area contributed by atoms with Gasteiger partial charge in [0.05, 0.1) is 36.9 Å². The van der Waals surface area contributed by atoms with E-state index in [4.69, 9.17) is 18.9 Å². The van der Waals surface area contributed by atoms with Crippen LogP contribution in [0.4, 0.5) is 0 Å². The summed E-state index contributed by atoms with van der Waals surface area (Å²) in [6, 6.07) is -4.24. The van der Waals surface area contributed by atoms with Crippen molar-refractivity contribution in [3.05, 3.63) is 0 Å². The Bertz CT molecular complexity index is 906. The third kappa shape index (κ3) is 7.68. The van der Waals surface area contributed by atoms with Crippen molar-refractivity contribution < 1.29 is 68.5 Å². The largest absolute Gasteiger partial charge is 0.394 e. The average Bonchev–Trinajstić information content (AvgIpc) is 2.97. The van der Waals surface area contributed by atoms with Crippen LogP contribution in [0, 0.1) is 0 Å². The van der Waals surface area contributed by atoms with Gasteiger partial charge in [-0.25, -0.2) is 0 Å². The summed E-state index contributed by atoms with van der Waals surface area (Å²) < 4.78 is 23.2. The van der Waals surface area contributed by atoms with Crippen LogP contribution in [0.2, 0.25) is 0 Å². The first-order valence-corrected chi connectivity index (χ1v) is 13.1. The Morgan fingerprint density at radius 2 is 1.19 bits per heavy atom. The molecule has 1 aliphatic carbocycles. The number of aliphatic hydroxyl groups is 5. The molecule has 3 rings (SSSR count). The predicted molar refractivity (Wildman–Crippen MR) is 133 cm³/mol. The van der Waals surface area contributed by atoms with Crippen molar-refractivity contribution >= 4 is 32.1 Å². The first-order chi connectivity index (χ1) is 20.2. The molecule has 238 valence electrons. The summed E-state index contributed by atoms with van der Waals surface area (Å²) in [6.45, 7) is -0.829. The molecular formula is C23H37N5O14. The summed E-state index contributed by atoms with van der Waals surface area (Å²) in [5.74, 6) is 0. The summed E-state index contributed by atoms with van der Waals surface area (Å²) in [5.41, 5.74) is 0. The van der Waals surface area contributed by atoms with Gasteiger partial charge in [0.15, 0.2) is 12.6 Å². The number of rotatable bonds is 16. The lowest BCUT2D eigenvalue weighted by Gasteiger charge is -2.49. The zero-order valence-electron chi connectivity index (χ0n) is 22.2. The van der Waals surface area contributed by atoms with E-state index in [-0.39, 0.29) is 25.8 Å². The van der Waals surface area contributed by atoms with Crippen LogP contribution in [0.3, 0.4) is 0 Å². The van der Waals surface area contributed by atoms with Gasteiger partial charge in [-0.2, -0.15) is 0 Å². The Balaban J connectivity index is 1.88. The van der Waals surface area contributed by atoms with Gasteiger partial charge in [-0.3, -0.25) is 24.0 Å². The molecule has 1 saturated carbocycles. The number of aliphatic hydroxyl groups excluding tert-OH is 5. The van der Waals surface area contributed by atoms with Crippen molar-refractivity contribution in [2.75, 3.05) is 13.2 Å². The van der Waals surface area contributed by atoms with E-state index < -0.39 is 92.2 Å². The molecule has 0 aromatic carbocycles. The molecule has 19 nitrogen and oxygen atoms in total. The smallest absolute Gasteiger partial charge is 0.207 e. The minimum absolute atomic E-state index is 0.0590. The van der Waals surface area contributed by atoms with Crippen LogP contribution in [0.1, 0.15) is 12.8 Å². The Kier molecular flexibility index (Phi) is 12.8. The van der Waals surface area contributed by atoms with Crippen LogP contribution in [0.25, 0.3) is 0 Å². The number of carbonyl (C=O) groups is 5. The highest BCUT2D eigenvalue weighted by Crippen LogP contribution is 2.32. The van der Waals surface area contributed by atoms with E-state index in [0.717, 1.165) is 0 Å². The fourth-order valence-corrected chi connectivity index (χ4v) is 5.43. The summed E-state index contributed by atoms with van der Waals surface area (Å²) in [4.78, 5) is 55.9. The van der Waals surface area contributed by atoms with Crippen LogP contribution in [-0.4, -0.2) is 156 Å².